The molecular weight excluding hydrogens is 196 g/mol. The topological polar surface area (TPSA) is 9.23 Å². The maximum atomic E-state index is 5.85. The molecule has 0 fully saturated rings. The van der Waals surface area contributed by atoms with Crippen molar-refractivity contribution in [2.24, 2.45) is 0 Å². The summed E-state index contributed by atoms with van der Waals surface area (Å²) in [6, 6.07) is 8.48. The van der Waals surface area contributed by atoms with Crippen molar-refractivity contribution in [1.29, 1.82) is 0 Å². The molecule has 0 saturated carbocycles. The van der Waals surface area contributed by atoms with Crippen molar-refractivity contribution in [3.8, 4) is 5.75 Å². The zero-order chi connectivity index (χ0) is 12.0. The zero-order valence-corrected chi connectivity index (χ0v) is 11.0. The van der Waals surface area contributed by atoms with Gasteiger partial charge in [0, 0.05) is 0 Å². The van der Waals surface area contributed by atoms with Gasteiger partial charge in [-0.2, -0.15) is 0 Å². The quantitative estimate of drug-likeness (QED) is 0.671. The lowest BCUT2D eigenvalue weighted by Gasteiger charge is -2.15. The van der Waals surface area contributed by atoms with Crippen LogP contribution in [0.15, 0.2) is 24.3 Å². The number of ether oxygens (including phenoxy) is 1. The first-order valence-corrected chi connectivity index (χ1v) is 6.40. The van der Waals surface area contributed by atoms with Gasteiger partial charge in [-0.1, -0.05) is 45.7 Å². The van der Waals surface area contributed by atoms with E-state index in [4.69, 9.17) is 4.74 Å². The molecule has 1 atom stereocenters. The molecular formula is C15H24O. The summed E-state index contributed by atoms with van der Waals surface area (Å²) in [6.07, 6.45) is 3.94. The third-order valence-electron chi connectivity index (χ3n) is 2.85. The number of benzene rings is 1. The summed E-state index contributed by atoms with van der Waals surface area (Å²) in [7, 11) is 0. The highest BCUT2D eigenvalue weighted by molar-refractivity contribution is 5.28. The van der Waals surface area contributed by atoms with E-state index in [9.17, 15) is 0 Å². The lowest BCUT2D eigenvalue weighted by molar-refractivity contribution is 0.207. The molecule has 16 heavy (non-hydrogen) atoms. The summed E-state index contributed by atoms with van der Waals surface area (Å²) in [5.41, 5.74) is 1.37. The molecule has 0 aliphatic rings. The minimum Gasteiger partial charge on any atom is -0.491 e. The van der Waals surface area contributed by atoms with Crippen LogP contribution in [0.1, 0.15) is 58.4 Å². The SMILES string of the molecule is CCCCC(C)Oc1ccc(C(C)C)cc1. The van der Waals surface area contributed by atoms with Crippen molar-refractivity contribution in [1.82, 2.24) is 0 Å². The number of rotatable bonds is 6. The third kappa shape index (κ3) is 4.26. The van der Waals surface area contributed by atoms with Crippen LogP contribution in [0.5, 0.6) is 5.75 Å². The molecule has 1 unspecified atom stereocenters. The largest absolute Gasteiger partial charge is 0.491 e. The molecule has 0 spiro atoms. The first-order valence-electron chi connectivity index (χ1n) is 6.40. The normalized spacial score (nSPS) is 12.8. The van der Waals surface area contributed by atoms with Gasteiger partial charge in [0.2, 0.25) is 0 Å². The highest BCUT2D eigenvalue weighted by atomic mass is 16.5. The van der Waals surface area contributed by atoms with Gasteiger partial charge < -0.3 is 4.74 Å². The van der Waals surface area contributed by atoms with E-state index in [-0.39, 0.29) is 0 Å². The second-order valence-corrected chi connectivity index (χ2v) is 4.79. The predicted molar refractivity (Wildman–Crippen MR) is 70.1 cm³/mol. The Kier molecular flexibility index (Phi) is 5.37. The van der Waals surface area contributed by atoms with E-state index in [2.05, 4.69) is 52.0 Å². The van der Waals surface area contributed by atoms with E-state index in [0.29, 0.717) is 12.0 Å². The number of unbranched alkanes of at least 4 members (excludes halogenated alkanes) is 1. The summed E-state index contributed by atoms with van der Waals surface area (Å²) in [5, 5.41) is 0. The van der Waals surface area contributed by atoms with Crippen molar-refractivity contribution < 1.29 is 4.74 Å². The molecule has 0 aliphatic carbocycles. The standard InChI is InChI=1S/C15H24O/c1-5-6-7-13(4)16-15-10-8-14(9-11-15)12(2)3/h8-13H,5-7H2,1-4H3. The van der Waals surface area contributed by atoms with Crippen LogP contribution in [0.2, 0.25) is 0 Å². The van der Waals surface area contributed by atoms with Crippen LogP contribution < -0.4 is 4.74 Å². The summed E-state index contributed by atoms with van der Waals surface area (Å²) in [5.74, 6) is 1.58. The molecule has 1 aromatic carbocycles. The number of hydrogen-bond acceptors (Lipinski definition) is 1. The summed E-state index contributed by atoms with van der Waals surface area (Å²) in [6.45, 7) is 8.77. The van der Waals surface area contributed by atoms with Crippen molar-refractivity contribution in [2.75, 3.05) is 0 Å². The Morgan fingerprint density at radius 1 is 1.06 bits per heavy atom. The van der Waals surface area contributed by atoms with Crippen LogP contribution >= 0.6 is 0 Å². The highest BCUT2D eigenvalue weighted by Crippen LogP contribution is 2.20. The second kappa shape index (κ2) is 6.57. The molecule has 1 nitrogen and oxygen atoms in total. The molecule has 90 valence electrons. The summed E-state index contributed by atoms with van der Waals surface area (Å²) in [4.78, 5) is 0. The minimum absolute atomic E-state index is 0.324. The molecule has 1 rings (SSSR count). The molecule has 0 saturated heterocycles. The minimum atomic E-state index is 0.324. The molecule has 0 heterocycles. The Hall–Kier alpha value is -0.980. The van der Waals surface area contributed by atoms with Crippen molar-refractivity contribution in [3.05, 3.63) is 29.8 Å². The average molecular weight is 220 g/mol. The van der Waals surface area contributed by atoms with Gasteiger partial charge in [0.25, 0.3) is 0 Å². The van der Waals surface area contributed by atoms with Crippen LogP contribution in [-0.2, 0) is 0 Å². The Labute approximate surface area is 99.8 Å². The highest BCUT2D eigenvalue weighted by Gasteiger charge is 2.04. The molecule has 0 amide bonds. The fraction of sp³-hybridized carbons (Fsp3) is 0.600. The molecule has 1 aromatic rings. The zero-order valence-electron chi connectivity index (χ0n) is 11.0. The summed E-state index contributed by atoms with van der Waals surface area (Å²) < 4.78 is 5.85. The van der Waals surface area contributed by atoms with Gasteiger partial charge in [0.15, 0.2) is 0 Å². The molecule has 0 radical (unpaired) electrons. The van der Waals surface area contributed by atoms with Gasteiger partial charge in [-0.3, -0.25) is 0 Å². The monoisotopic (exact) mass is 220 g/mol. The van der Waals surface area contributed by atoms with Crippen LogP contribution in [0.25, 0.3) is 0 Å². The fourth-order valence-electron chi connectivity index (χ4n) is 1.71. The Morgan fingerprint density at radius 3 is 2.19 bits per heavy atom. The lowest BCUT2D eigenvalue weighted by atomic mass is 10.0. The van der Waals surface area contributed by atoms with Crippen LogP contribution in [0.3, 0.4) is 0 Å². The molecule has 0 aliphatic heterocycles. The van der Waals surface area contributed by atoms with Gasteiger partial charge in [-0.25, -0.2) is 0 Å². The lowest BCUT2D eigenvalue weighted by Crippen LogP contribution is -2.11. The van der Waals surface area contributed by atoms with Crippen LogP contribution in [0.4, 0.5) is 0 Å². The van der Waals surface area contributed by atoms with Crippen molar-refractivity contribution in [3.63, 3.8) is 0 Å². The molecule has 0 aromatic heterocycles. The molecule has 0 N–H and O–H groups in total. The Balaban J connectivity index is 2.48. The van der Waals surface area contributed by atoms with Gasteiger partial charge in [-0.15, -0.1) is 0 Å². The average Bonchev–Trinajstić information content (AvgIpc) is 2.27. The second-order valence-electron chi connectivity index (χ2n) is 4.79. The maximum absolute atomic E-state index is 5.85. The Morgan fingerprint density at radius 2 is 1.69 bits per heavy atom. The van der Waals surface area contributed by atoms with Crippen molar-refractivity contribution in [2.45, 2.75) is 59.0 Å². The maximum Gasteiger partial charge on any atom is 0.119 e. The van der Waals surface area contributed by atoms with Crippen molar-refractivity contribution >= 4 is 0 Å². The van der Waals surface area contributed by atoms with E-state index in [1.807, 2.05) is 0 Å². The predicted octanol–water partition coefficient (Wildman–Crippen LogP) is 4.77. The molecule has 0 bridgehead atoms. The van der Waals surface area contributed by atoms with Crippen LogP contribution in [0, 0.1) is 0 Å². The van der Waals surface area contributed by atoms with Gasteiger partial charge >= 0.3 is 0 Å². The smallest absolute Gasteiger partial charge is 0.119 e. The van der Waals surface area contributed by atoms with Gasteiger partial charge in [0.05, 0.1) is 6.10 Å². The van der Waals surface area contributed by atoms with E-state index in [0.717, 1.165) is 12.2 Å². The van der Waals surface area contributed by atoms with E-state index >= 15 is 0 Å². The first-order chi connectivity index (χ1) is 7.63. The third-order valence-corrected chi connectivity index (χ3v) is 2.85. The van der Waals surface area contributed by atoms with E-state index in [1.165, 1.54) is 18.4 Å². The van der Waals surface area contributed by atoms with Crippen LogP contribution in [-0.4, -0.2) is 6.10 Å². The molecule has 1 heteroatoms. The fourth-order valence-corrected chi connectivity index (χ4v) is 1.71. The van der Waals surface area contributed by atoms with E-state index in [1.54, 1.807) is 0 Å². The van der Waals surface area contributed by atoms with Gasteiger partial charge in [0.1, 0.15) is 5.75 Å². The van der Waals surface area contributed by atoms with Gasteiger partial charge in [-0.05, 0) is 37.0 Å². The summed E-state index contributed by atoms with van der Waals surface area (Å²) >= 11 is 0. The first kappa shape index (κ1) is 13.1. The number of hydrogen-bond donors (Lipinski definition) is 0. The van der Waals surface area contributed by atoms with E-state index < -0.39 is 0 Å². The Bertz CT molecular complexity index is 287.